The maximum absolute atomic E-state index is 11.8. The molecular weight excluding hydrogens is 360 g/mol. The molecule has 1 unspecified atom stereocenters. The van der Waals surface area contributed by atoms with Crippen LogP contribution in [0.3, 0.4) is 0 Å². The Bertz CT molecular complexity index is 851. The van der Waals surface area contributed by atoms with Crippen LogP contribution in [0.25, 0.3) is 0 Å². The van der Waals surface area contributed by atoms with Crippen LogP contribution in [0.5, 0.6) is 5.88 Å². The van der Waals surface area contributed by atoms with Crippen LogP contribution in [-0.4, -0.2) is 41.7 Å². The third-order valence-corrected chi connectivity index (χ3v) is 5.31. The Morgan fingerprint density at radius 3 is 3.08 bits per heavy atom. The van der Waals surface area contributed by atoms with Crippen LogP contribution in [0.1, 0.15) is 28.1 Å². The molecule has 0 saturated carbocycles. The number of hydrogen-bond acceptors (Lipinski definition) is 7. The molecule has 1 saturated heterocycles. The number of nitrogens with zero attached hydrogens (tertiary/aromatic N) is 2. The summed E-state index contributed by atoms with van der Waals surface area (Å²) < 4.78 is 12.6. The highest BCUT2D eigenvalue weighted by molar-refractivity contribution is 7.73. The quantitative estimate of drug-likeness (QED) is 0.488. The van der Waals surface area contributed by atoms with Gasteiger partial charge < -0.3 is 14.6 Å². The van der Waals surface area contributed by atoms with Gasteiger partial charge >= 0.3 is 5.97 Å². The van der Waals surface area contributed by atoms with E-state index >= 15 is 0 Å². The van der Waals surface area contributed by atoms with E-state index in [4.69, 9.17) is 21.7 Å². The summed E-state index contributed by atoms with van der Waals surface area (Å²) in [6.45, 7) is 1.29. The van der Waals surface area contributed by atoms with Gasteiger partial charge in [0.05, 0.1) is 37.2 Å². The van der Waals surface area contributed by atoms with E-state index in [1.54, 1.807) is 28.8 Å². The van der Waals surface area contributed by atoms with E-state index in [-0.39, 0.29) is 12.0 Å². The lowest BCUT2D eigenvalue weighted by atomic mass is 10.2. The number of para-hydroxylation sites is 1. The Morgan fingerprint density at radius 1 is 1.56 bits per heavy atom. The van der Waals surface area contributed by atoms with Crippen molar-refractivity contribution < 1.29 is 19.4 Å². The molecular formula is C17H18N2O4S2. The molecule has 2 heterocycles. The summed E-state index contributed by atoms with van der Waals surface area (Å²) in [4.78, 5) is 16.7. The van der Waals surface area contributed by atoms with Crippen molar-refractivity contribution in [1.82, 2.24) is 4.57 Å². The topological polar surface area (TPSA) is 73.0 Å². The Hall–Kier alpha value is -2.03. The number of aromatic hydroxyl groups is 1. The van der Waals surface area contributed by atoms with Crippen LogP contribution in [-0.2, 0) is 16.0 Å². The number of carbonyl (C=O) groups is 1. The minimum Gasteiger partial charge on any atom is -0.493 e. The van der Waals surface area contributed by atoms with E-state index < -0.39 is 5.97 Å². The highest BCUT2D eigenvalue weighted by Gasteiger charge is 2.19. The number of aliphatic imine (C=N–C) groups is 1. The van der Waals surface area contributed by atoms with Crippen molar-refractivity contribution >= 4 is 41.4 Å². The smallest absolute Gasteiger partial charge is 0.340 e. The van der Waals surface area contributed by atoms with E-state index in [9.17, 15) is 9.90 Å². The average molecular weight is 378 g/mol. The predicted octanol–water partition coefficient (Wildman–Crippen LogP) is 3.70. The minimum absolute atomic E-state index is 0.0739. The van der Waals surface area contributed by atoms with Gasteiger partial charge in [-0.3, -0.25) is 9.56 Å². The zero-order valence-electron chi connectivity index (χ0n) is 13.7. The minimum atomic E-state index is -0.458. The molecule has 0 bridgehead atoms. The standard InChI is InChI=1S/C17H18N2O4S2/c1-22-16(21)12-6-2-3-7-13(12)18-9-14-15(20)19(17(24)25-14)10-11-5-4-8-23-11/h2-3,6-7,9,11,20H,4-5,8,10H2,1H3. The van der Waals surface area contributed by atoms with Crippen molar-refractivity contribution in [2.45, 2.75) is 25.5 Å². The lowest BCUT2D eigenvalue weighted by molar-refractivity contribution is 0.0601. The summed E-state index contributed by atoms with van der Waals surface area (Å²) in [6.07, 6.45) is 3.59. The molecule has 0 radical (unpaired) electrons. The number of rotatable bonds is 5. The second-order valence-corrected chi connectivity index (χ2v) is 7.24. The van der Waals surface area contributed by atoms with Crippen molar-refractivity contribution in [3.63, 3.8) is 0 Å². The van der Waals surface area contributed by atoms with Gasteiger partial charge in [-0.05, 0) is 37.2 Å². The Kier molecular flexibility index (Phi) is 5.62. The zero-order chi connectivity index (χ0) is 17.8. The molecule has 6 nitrogen and oxygen atoms in total. The first-order valence-electron chi connectivity index (χ1n) is 7.85. The second-order valence-electron chi connectivity index (χ2n) is 5.57. The van der Waals surface area contributed by atoms with Crippen LogP contribution < -0.4 is 0 Å². The van der Waals surface area contributed by atoms with Gasteiger partial charge in [0.25, 0.3) is 0 Å². The molecule has 1 aromatic heterocycles. The van der Waals surface area contributed by atoms with Gasteiger partial charge in [-0.15, -0.1) is 0 Å². The normalized spacial score (nSPS) is 17.2. The molecule has 2 aromatic rings. The molecule has 25 heavy (non-hydrogen) atoms. The van der Waals surface area contributed by atoms with Gasteiger partial charge in [-0.25, -0.2) is 4.79 Å². The number of ether oxygens (including phenoxy) is 2. The van der Waals surface area contributed by atoms with Crippen molar-refractivity contribution in [2.24, 2.45) is 4.99 Å². The molecule has 1 aromatic carbocycles. The first kappa shape index (κ1) is 17.8. The number of carbonyl (C=O) groups excluding carboxylic acids is 1. The molecule has 1 N–H and O–H groups in total. The van der Waals surface area contributed by atoms with Crippen LogP contribution in [0.2, 0.25) is 0 Å². The third-order valence-electron chi connectivity index (χ3n) is 3.93. The number of thiazole rings is 1. The van der Waals surface area contributed by atoms with E-state index in [1.165, 1.54) is 24.7 Å². The molecule has 0 amide bonds. The van der Waals surface area contributed by atoms with E-state index in [2.05, 4.69) is 4.99 Å². The SMILES string of the molecule is COC(=O)c1ccccc1N=Cc1sc(=S)n(CC2CCCO2)c1O. The fraction of sp³-hybridized carbons (Fsp3) is 0.353. The Balaban J connectivity index is 1.85. The molecule has 1 fully saturated rings. The van der Waals surface area contributed by atoms with Crippen LogP contribution in [0, 0.1) is 3.95 Å². The predicted molar refractivity (Wildman–Crippen MR) is 98.8 cm³/mol. The van der Waals surface area contributed by atoms with E-state index in [0.717, 1.165) is 19.4 Å². The van der Waals surface area contributed by atoms with Crippen LogP contribution in [0.4, 0.5) is 5.69 Å². The number of methoxy groups -OCH3 is 1. The van der Waals surface area contributed by atoms with Gasteiger partial charge in [0.2, 0.25) is 5.88 Å². The van der Waals surface area contributed by atoms with Crippen molar-refractivity contribution in [1.29, 1.82) is 0 Å². The van der Waals surface area contributed by atoms with Gasteiger partial charge in [0, 0.05) is 6.61 Å². The summed E-state index contributed by atoms with van der Waals surface area (Å²) >= 11 is 6.61. The highest BCUT2D eigenvalue weighted by Crippen LogP contribution is 2.28. The van der Waals surface area contributed by atoms with Gasteiger partial charge in [0.15, 0.2) is 3.95 Å². The average Bonchev–Trinajstić information content (AvgIpc) is 3.23. The largest absolute Gasteiger partial charge is 0.493 e. The Morgan fingerprint density at radius 2 is 2.36 bits per heavy atom. The summed E-state index contributed by atoms with van der Waals surface area (Å²) in [5, 5.41) is 10.4. The monoisotopic (exact) mass is 378 g/mol. The summed E-state index contributed by atoms with van der Waals surface area (Å²) in [6, 6.07) is 6.87. The molecule has 1 aliphatic rings. The fourth-order valence-corrected chi connectivity index (χ4v) is 3.84. The van der Waals surface area contributed by atoms with Crippen molar-refractivity contribution in [2.75, 3.05) is 13.7 Å². The summed E-state index contributed by atoms with van der Waals surface area (Å²) in [5.74, 6) is -0.384. The number of hydrogen-bond donors (Lipinski definition) is 1. The first-order valence-corrected chi connectivity index (χ1v) is 9.08. The number of benzene rings is 1. The van der Waals surface area contributed by atoms with Crippen LogP contribution >= 0.6 is 23.6 Å². The van der Waals surface area contributed by atoms with E-state index in [0.29, 0.717) is 26.6 Å². The van der Waals surface area contributed by atoms with Gasteiger partial charge in [-0.1, -0.05) is 23.5 Å². The van der Waals surface area contributed by atoms with Gasteiger partial charge in [0.1, 0.15) is 4.88 Å². The molecule has 132 valence electrons. The summed E-state index contributed by atoms with van der Waals surface area (Å²) in [5.41, 5.74) is 0.835. The number of aromatic nitrogens is 1. The molecule has 3 rings (SSSR count). The second kappa shape index (κ2) is 7.90. The van der Waals surface area contributed by atoms with Crippen molar-refractivity contribution in [3.05, 3.63) is 38.7 Å². The molecule has 0 spiro atoms. The van der Waals surface area contributed by atoms with E-state index in [1.807, 2.05) is 0 Å². The van der Waals surface area contributed by atoms with Crippen LogP contribution in [0.15, 0.2) is 29.3 Å². The highest BCUT2D eigenvalue weighted by atomic mass is 32.1. The summed E-state index contributed by atoms with van der Waals surface area (Å²) in [7, 11) is 1.32. The number of esters is 1. The molecule has 1 aliphatic heterocycles. The lowest BCUT2D eigenvalue weighted by Crippen LogP contribution is -2.14. The zero-order valence-corrected chi connectivity index (χ0v) is 15.3. The molecule has 0 aliphatic carbocycles. The maximum Gasteiger partial charge on any atom is 0.340 e. The Labute approximate surface area is 154 Å². The molecule has 1 atom stereocenters. The fourth-order valence-electron chi connectivity index (χ4n) is 2.65. The molecule has 8 heteroatoms. The third kappa shape index (κ3) is 3.97. The maximum atomic E-state index is 11.8. The van der Waals surface area contributed by atoms with Crippen molar-refractivity contribution in [3.8, 4) is 5.88 Å². The van der Waals surface area contributed by atoms with Gasteiger partial charge in [-0.2, -0.15) is 0 Å². The lowest BCUT2D eigenvalue weighted by Gasteiger charge is -2.10. The first-order chi connectivity index (χ1) is 12.1.